The molecule has 0 aromatic carbocycles. The molecule has 2 aromatic heterocycles. The van der Waals surface area contributed by atoms with Crippen LogP contribution in [0.1, 0.15) is 23.1 Å². The van der Waals surface area contributed by atoms with E-state index in [0.717, 1.165) is 12.2 Å². The molecule has 2 aromatic rings. The van der Waals surface area contributed by atoms with Crippen LogP contribution in [-0.4, -0.2) is 51.9 Å². The molecule has 0 aliphatic carbocycles. The van der Waals surface area contributed by atoms with Crippen molar-refractivity contribution in [2.75, 3.05) is 26.0 Å². The molecule has 20 heavy (non-hydrogen) atoms. The minimum absolute atomic E-state index is 0.314. The number of aromatic amines is 2. The van der Waals surface area contributed by atoms with Crippen LogP contribution in [0.4, 0.5) is 5.82 Å². The summed E-state index contributed by atoms with van der Waals surface area (Å²) in [5, 5.41) is 16.1. The molecule has 0 aliphatic heterocycles. The molecule has 0 saturated carbocycles. The van der Waals surface area contributed by atoms with E-state index in [-0.39, 0.29) is 5.91 Å². The van der Waals surface area contributed by atoms with E-state index in [9.17, 15) is 4.79 Å². The first kappa shape index (κ1) is 14.1. The number of nitrogens with one attached hydrogen (secondary N) is 3. The average Bonchev–Trinajstić information content (AvgIpc) is 2.99. The summed E-state index contributed by atoms with van der Waals surface area (Å²) < 4.78 is 5.19. The maximum atomic E-state index is 12.0. The van der Waals surface area contributed by atoms with E-state index in [1.807, 2.05) is 25.9 Å². The van der Waals surface area contributed by atoms with Gasteiger partial charge < -0.3 is 15.0 Å². The molecule has 2 rings (SSSR count). The van der Waals surface area contributed by atoms with E-state index in [4.69, 9.17) is 4.74 Å². The van der Waals surface area contributed by atoms with Crippen LogP contribution in [0.3, 0.4) is 0 Å². The van der Waals surface area contributed by atoms with Gasteiger partial charge in [0, 0.05) is 18.7 Å². The molecule has 0 unspecified atom stereocenters. The lowest BCUT2D eigenvalue weighted by Gasteiger charge is -2.05. The Hall–Kier alpha value is -2.35. The van der Waals surface area contributed by atoms with Crippen molar-refractivity contribution in [3.8, 4) is 5.88 Å². The van der Waals surface area contributed by atoms with Gasteiger partial charge in [0.15, 0.2) is 5.82 Å². The van der Waals surface area contributed by atoms with Crippen molar-refractivity contribution in [3.05, 3.63) is 23.5 Å². The van der Waals surface area contributed by atoms with Gasteiger partial charge in [-0.1, -0.05) is 0 Å². The summed E-state index contributed by atoms with van der Waals surface area (Å²) in [7, 11) is 3.91. The Kier molecular flexibility index (Phi) is 4.36. The fraction of sp³-hybridized carbons (Fsp3) is 0.417. The number of hydrogen-bond donors (Lipinski definition) is 3. The van der Waals surface area contributed by atoms with Gasteiger partial charge in [0.1, 0.15) is 5.69 Å². The molecule has 0 radical (unpaired) electrons. The summed E-state index contributed by atoms with van der Waals surface area (Å²) in [4.78, 5) is 14.0. The maximum absolute atomic E-state index is 12.0. The van der Waals surface area contributed by atoms with Crippen LogP contribution in [0.25, 0.3) is 0 Å². The fourth-order valence-electron chi connectivity index (χ4n) is 1.67. The first-order valence-corrected chi connectivity index (χ1v) is 6.27. The van der Waals surface area contributed by atoms with Crippen molar-refractivity contribution < 1.29 is 9.53 Å². The molecule has 1 amide bonds. The molecule has 8 nitrogen and oxygen atoms in total. The highest BCUT2D eigenvalue weighted by molar-refractivity contribution is 6.02. The van der Waals surface area contributed by atoms with Crippen LogP contribution >= 0.6 is 0 Å². The normalized spacial score (nSPS) is 10.8. The zero-order valence-corrected chi connectivity index (χ0v) is 11.7. The molecular weight excluding hydrogens is 260 g/mol. The number of ether oxygens (including phenoxy) is 1. The largest absolute Gasteiger partial charge is 0.477 e. The summed E-state index contributed by atoms with van der Waals surface area (Å²) in [6.07, 6.45) is 0. The van der Waals surface area contributed by atoms with Crippen LogP contribution < -0.4 is 10.1 Å². The molecule has 0 saturated heterocycles. The minimum atomic E-state index is -0.314. The summed E-state index contributed by atoms with van der Waals surface area (Å²) in [6, 6.07) is 3.34. The Morgan fingerprint density at radius 1 is 1.35 bits per heavy atom. The lowest BCUT2D eigenvalue weighted by Crippen LogP contribution is -2.12. The third kappa shape index (κ3) is 3.58. The number of H-pyrrole nitrogens is 2. The van der Waals surface area contributed by atoms with E-state index in [1.165, 1.54) is 0 Å². The second kappa shape index (κ2) is 6.20. The Morgan fingerprint density at radius 2 is 2.15 bits per heavy atom. The van der Waals surface area contributed by atoms with Crippen molar-refractivity contribution in [2.24, 2.45) is 0 Å². The molecule has 8 heteroatoms. The van der Waals surface area contributed by atoms with E-state index in [0.29, 0.717) is 24.0 Å². The summed E-state index contributed by atoms with van der Waals surface area (Å²) in [5.74, 6) is 0.554. The van der Waals surface area contributed by atoms with E-state index in [1.54, 1.807) is 12.1 Å². The number of carbonyl (C=O) groups is 1. The van der Waals surface area contributed by atoms with Crippen LogP contribution in [0, 0.1) is 0 Å². The first-order valence-electron chi connectivity index (χ1n) is 6.27. The maximum Gasteiger partial charge on any atom is 0.275 e. The standard InChI is InChI=1S/C12H18N6O2/c1-4-20-11-6-9(15-17-11)12(19)13-10-5-8(14-16-10)7-18(2)3/h5-6H,4,7H2,1-3H3,(H,15,17)(H2,13,14,16,19). The Morgan fingerprint density at radius 3 is 2.85 bits per heavy atom. The van der Waals surface area contributed by atoms with Gasteiger partial charge in [0.2, 0.25) is 5.88 Å². The molecule has 108 valence electrons. The summed E-state index contributed by atoms with van der Waals surface area (Å²) in [5.41, 5.74) is 1.25. The van der Waals surface area contributed by atoms with Crippen LogP contribution in [-0.2, 0) is 6.54 Å². The zero-order chi connectivity index (χ0) is 14.5. The Bertz CT molecular complexity index is 574. The number of amides is 1. The van der Waals surface area contributed by atoms with Gasteiger partial charge in [-0.05, 0) is 21.0 Å². The number of rotatable bonds is 6. The van der Waals surface area contributed by atoms with E-state index in [2.05, 4.69) is 25.7 Å². The zero-order valence-electron chi connectivity index (χ0n) is 11.7. The number of anilines is 1. The highest BCUT2D eigenvalue weighted by Crippen LogP contribution is 2.11. The first-order chi connectivity index (χ1) is 9.58. The lowest BCUT2D eigenvalue weighted by molar-refractivity contribution is 0.102. The molecule has 0 atom stereocenters. The van der Waals surface area contributed by atoms with E-state index < -0.39 is 0 Å². The van der Waals surface area contributed by atoms with Crippen molar-refractivity contribution in [2.45, 2.75) is 13.5 Å². The predicted octanol–water partition coefficient (Wildman–Crippen LogP) is 0.845. The third-order valence-corrected chi connectivity index (χ3v) is 2.45. The number of hydrogen-bond acceptors (Lipinski definition) is 5. The van der Waals surface area contributed by atoms with Crippen molar-refractivity contribution in [1.82, 2.24) is 25.3 Å². The van der Waals surface area contributed by atoms with Crippen LogP contribution in [0.5, 0.6) is 5.88 Å². The third-order valence-electron chi connectivity index (χ3n) is 2.45. The number of nitrogens with zero attached hydrogens (tertiary/aromatic N) is 3. The Balaban J connectivity index is 1.97. The average molecular weight is 278 g/mol. The highest BCUT2D eigenvalue weighted by Gasteiger charge is 2.12. The van der Waals surface area contributed by atoms with Gasteiger partial charge in [-0.25, -0.2) is 0 Å². The predicted molar refractivity (Wildman–Crippen MR) is 73.7 cm³/mol. The molecule has 3 N–H and O–H groups in total. The lowest BCUT2D eigenvalue weighted by atomic mass is 10.3. The fourth-order valence-corrected chi connectivity index (χ4v) is 1.67. The van der Waals surface area contributed by atoms with Gasteiger partial charge in [-0.3, -0.25) is 15.0 Å². The number of carbonyl (C=O) groups excluding carboxylic acids is 1. The quantitative estimate of drug-likeness (QED) is 0.727. The van der Waals surface area contributed by atoms with Crippen LogP contribution in [0.2, 0.25) is 0 Å². The minimum Gasteiger partial charge on any atom is -0.477 e. The molecule has 0 aliphatic rings. The highest BCUT2D eigenvalue weighted by atomic mass is 16.5. The second-order valence-electron chi connectivity index (χ2n) is 4.52. The second-order valence-corrected chi connectivity index (χ2v) is 4.52. The van der Waals surface area contributed by atoms with Gasteiger partial charge in [0.25, 0.3) is 5.91 Å². The summed E-state index contributed by atoms with van der Waals surface area (Å²) >= 11 is 0. The van der Waals surface area contributed by atoms with E-state index >= 15 is 0 Å². The van der Waals surface area contributed by atoms with Crippen LogP contribution in [0.15, 0.2) is 12.1 Å². The van der Waals surface area contributed by atoms with Crippen molar-refractivity contribution in [3.63, 3.8) is 0 Å². The molecule has 0 fully saturated rings. The Labute approximate surface area is 116 Å². The molecular formula is C12H18N6O2. The van der Waals surface area contributed by atoms with Gasteiger partial charge in [-0.15, -0.1) is 5.10 Å². The van der Waals surface area contributed by atoms with Crippen molar-refractivity contribution >= 4 is 11.7 Å². The SMILES string of the molecule is CCOc1cc(C(=O)Nc2cc(CN(C)C)[nH]n2)[nH]n1. The van der Waals surface area contributed by atoms with Gasteiger partial charge in [0.05, 0.1) is 12.3 Å². The monoisotopic (exact) mass is 278 g/mol. The topological polar surface area (TPSA) is 98.9 Å². The van der Waals surface area contributed by atoms with Gasteiger partial charge >= 0.3 is 0 Å². The summed E-state index contributed by atoms with van der Waals surface area (Å²) in [6.45, 7) is 3.07. The molecule has 0 spiro atoms. The smallest absolute Gasteiger partial charge is 0.275 e. The van der Waals surface area contributed by atoms with Gasteiger partial charge in [-0.2, -0.15) is 5.10 Å². The molecule has 0 bridgehead atoms. The molecule has 2 heterocycles. The number of aromatic nitrogens is 4. The van der Waals surface area contributed by atoms with Crippen molar-refractivity contribution in [1.29, 1.82) is 0 Å².